The average Bonchev–Trinajstić information content (AvgIpc) is 2.27. The molecule has 0 amide bonds. The van der Waals surface area contributed by atoms with E-state index in [1.54, 1.807) is 0 Å². The monoisotopic (exact) mass is 246 g/mol. The molecular formula is C11H15FO3S. The molecule has 5 heteroatoms. The second-order valence-electron chi connectivity index (χ2n) is 3.66. The molecule has 1 aromatic carbocycles. The van der Waals surface area contributed by atoms with E-state index >= 15 is 0 Å². The summed E-state index contributed by atoms with van der Waals surface area (Å²) in [6.45, 7) is 2.94. The highest BCUT2D eigenvalue weighted by Crippen LogP contribution is 2.22. The SMILES string of the molecule is CCS(=O)(=O)[C@H](C)[C@@H](O)c1cccc(F)c1. The molecule has 16 heavy (non-hydrogen) atoms. The molecule has 0 aromatic heterocycles. The summed E-state index contributed by atoms with van der Waals surface area (Å²) >= 11 is 0. The number of rotatable bonds is 4. The fourth-order valence-electron chi connectivity index (χ4n) is 1.42. The third-order valence-electron chi connectivity index (χ3n) is 2.60. The van der Waals surface area contributed by atoms with Gasteiger partial charge >= 0.3 is 0 Å². The minimum Gasteiger partial charge on any atom is -0.387 e. The van der Waals surface area contributed by atoms with Gasteiger partial charge < -0.3 is 5.11 Å². The van der Waals surface area contributed by atoms with Gasteiger partial charge in [-0.3, -0.25) is 0 Å². The fourth-order valence-corrected chi connectivity index (χ4v) is 2.50. The van der Waals surface area contributed by atoms with E-state index in [4.69, 9.17) is 0 Å². The number of hydrogen-bond donors (Lipinski definition) is 1. The minimum atomic E-state index is -3.33. The molecule has 0 aliphatic rings. The first kappa shape index (κ1) is 13.1. The molecule has 3 nitrogen and oxygen atoms in total. The van der Waals surface area contributed by atoms with Crippen molar-refractivity contribution in [2.45, 2.75) is 25.2 Å². The van der Waals surface area contributed by atoms with Crippen LogP contribution >= 0.6 is 0 Å². The van der Waals surface area contributed by atoms with Crippen LogP contribution in [0.25, 0.3) is 0 Å². The van der Waals surface area contributed by atoms with Crippen LogP contribution in [-0.2, 0) is 9.84 Å². The van der Waals surface area contributed by atoms with E-state index in [-0.39, 0.29) is 11.3 Å². The molecule has 0 spiro atoms. The topological polar surface area (TPSA) is 54.4 Å². The molecule has 0 fully saturated rings. The highest BCUT2D eigenvalue weighted by molar-refractivity contribution is 7.92. The Morgan fingerprint density at radius 3 is 2.56 bits per heavy atom. The van der Waals surface area contributed by atoms with Gasteiger partial charge in [-0.15, -0.1) is 0 Å². The molecule has 90 valence electrons. The Kier molecular flexibility index (Phi) is 4.04. The maximum atomic E-state index is 12.9. The molecule has 0 aliphatic heterocycles. The lowest BCUT2D eigenvalue weighted by Crippen LogP contribution is -2.26. The van der Waals surface area contributed by atoms with Crippen LogP contribution < -0.4 is 0 Å². The summed E-state index contributed by atoms with van der Waals surface area (Å²) in [4.78, 5) is 0. The van der Waals surface area contributed by atoms with Gasteiger partial charge in [0, 0.05) is 5.75 Å². The molecule has 0 radical (unpaired) electrons. The predicted molar refractivity (Wildman–Crippen MR) is 60.3 cm³/mol. The summed E-state index contributed by atoms with van der Waals surface area (Å²) in [7, 11) is -3.33. The first-order chi connectivity index (χ1) is 7.38. The minimum absolute atomic E-state index is 0.0411. The number of halogens is 1. The normalized spacial score (nSPS) is 15.8. The quantitative estimate of drug-likeness (QED) is 0.879. The van der Waals surface area contributed by atoms with Crippen LogP contribution in [0.4, 0.5) is 4.39 Å². The third kappa shape index (κ3) is 2.80. The van der Waals surface area contributed by atoms with Gasteiger partial charge in [-0.05, 0) is 24.6 Å². The summed E-state index contributed by atoms with van der Waals surface area (Å²) in [5.41, 5.74) is 0.282. The van der Waals surface area contributed by atoms with E-state index < -0.39 is 27.0 Å². The zero-order chi connectivity index (χ0) is 12.3. The number of aliphatic hydroxyl groups excluding tert-OH is 1. The Bertz CT molecular complexity index is 456. The van der Waals surface area contributed by atoms with E-state index in [0.717, 1.165) is 6.07 Å². The lowest BCUT2D eigenvalue weighted by molar-refractivity contribution is 0.175. The van der Waals surface area contributed by atoms with Gasteiger partial charge in [0.15, 0.2) is 9.84 Å². The largest absolute Gasteiger partial charge is 0.387 e. The molecule has 1 aromatic rings. The summed E-state index contributed by atoms with van der Waals surface area (Å²) in [6, 6.07) is 5.34. The number of aliphatic hydroxyl groups is 1. The van der Waals surface area contributed by atoms with Crippen molar-refractivity contribution in [3.05, 3.63) is 35.6 Å². The maximum absolute atomic E-state index is 12.9. The van der Waals surface area contributed by atoms with Gasteiger partial charge in [-0.2, -0.15) is 0 Å². The predicted octanol–water partition coefficient (Wildman–Crippen LogP) is 1.68. The molecule has 1 N–H and O–H groups in total. The lowest BCUT2D eigenvalue weighted by atomic mass is 10.1. The summed E-state index contributed by atoms with van der Waals surface area (Å²) in [5.74, 6) is -0.529. The van der Waals surface area contributed by atoms with E-state index in [2.05, 4.69) is 0 Å². The first-order valence-electron chi connectivity index (χ1n) is 5.03. The zero-order valence-corrected chi connectivity index (χ0v) is 10.0. The average molecular weight is 246 g/mol. The molecule has 0 saturated heterocycles. The molecule has 0 heterocycles. The second kappa shape index (κ2) is 4.93. The van der Waals surface area contributed by atoms with Gasteiger partial charge in [0.1, 0.15) is 5.82 Å². The van der Waals surface area contributed by atoms with Crippen LogP contribution in [0.2, 0.25) is 0 Å². The Morgan fingerprint density at radius 2 is 2.06 bits per heavy atom. The van der Waals surface area contributed by atoms with Gasteiger partial charge in [-0.25, -0.2) is 12.8 Å². The first-order valence-corrected chi connectivity index (χ1v) is 6.75. The van der Waals surface area contributed by atoms with Crippen LogP contribution in [0.5, 0.6) is 0 Å². The standard InChI is InChI=1S/C11H15FO3S/c1-3-16(14,15)8(2)11(13)9-5-4-6-10(12)7-9/h4-8,11,13H,3H2,1-2H3/t8-,11-/m1/s1. The number of sulfone groups is 1. The van der Waals surface area contributed by atoms with Crippen LogP contribution in [0.3, 0.4) is 0 Å². The summed E-state index contributed by atoms with van der Waals surface area (Å²) in [5, 5.41) is 8.90. The molecule has 0 aliphatic carbocycles. The number of hydrogen-bond acceptors (Lipinski definition) is 3. The van der Waals surface area contributed by atoms with E-state index in [0.29, 0.717) is 0 Å². The van der Waals surface area contributed by atoms with Crippen LogP contribution in [-0.4, -0.2) is 24.5 Å². The van der Waals surface area contributed by atoms with Crippen molar-refractivity contribution in [1.29, 1.82) is 0 Å². The molecule has 1 rings (SSSR count). The van der Waals surface area contributed by atoms with Crippen LogP contribution in [0.15, 0.2) is 24.3 Å². The van der Waals surface area contributed by atoms with Crippen molar-refractivity contribution < 1.29 is 17.9 Å². The fraction of sp³-hybridized carbons (Fsp3) is 0.455. The third-order valence-corrected chi connectivity index (χ3v) is 4.80. The molecule has 0 saturated carbocycles. The van der Waals surface area contributed by atoms with E-state index in [9.17, 15) is 17.9 Å². The Balaban J connectivity index is 2.99. The van der Waals surface area contributed by atoms with E-state index in [1.807, 2.05) is 0 Å². The van der Waals surface area contributed by atoms with Gasteiger partial charge in [0.2, 0.25) is 0 Å². The van der Waals surface area contributed by atoms with Gasteiger partial charge in [0.05, 0.1) is 11.4 Å². The maximum Gasteiger partial charge on any atom is 0.155 e. The van der Waals surface area contributed by atoms with Crippen LogP contribution in [0, 0.1) is 5.82 Å². The Labute approximate surface area is 94.8 Å². The Morgan fingerprint density at radius 1 is 1.44 bits per heavy atom. The van der Waals surface area contributed by atoms with E-state index in [1.165, 1.54) is 32.0 Å². The molecular weight excluding hydrogens is 231 g/mol. The van der Waals surface area contributed by atoms with Crippen molar-refractivity contribution in [3.63, 3.8) is 0 Å². The highest BCUT2D eigenvalue weighted by atomic mass is 32.2. The van der Waals surface area contributed by atoms with Gasteiger partial charge in [0.25, 0.3) is 0 Å². The van der Waals surface area contributed by atoms with Crippen LogP contribution in [0.1, 0.15) is 25.5 Å². The summed E-state index contributed by atoms with van der Waals surface area (Å²) < 4.78 is 36.0. The molecule has 2 atom stereocenters. The van der Waals surface area contributed by atoms with Crippen molar-refractivity contribution >= 4 is 9.84 Å². The van der Waals surface area contributed by atoms with Crippen molar-refractivity contribution in [1.82, 2.24) is 0 Å². The molecule has 0 unspecified atom stereocenters. The zero-order valence-electron chi connectivity index (χ0n) is 9.22. The number of benzene rings is 1. The second-order valence-corrected chi connectivity index (χ2v) is 6.30. The summed E-state index contributed by atoms with van der Waals surface area (Å²) in [6.07, 6.45) is -1.19. The van der Waals surface area contributed by atoms with Crippen molar-refractivity contribution in [3.8, 4) is 0 Å². The lowest BCUT2D eigenvalue weighted by Gasteiger charge is -2.18. The van der Waals surface area contributed by atoms with Gasteiger partial charge in [-0.1, -0.05) is 19.1 Å². The van der Waals surface area contributed by atoms with Crippen molar-refractivity contribution in [2.75, 3.05) is 5.75 Å². The smallest absolute Gasteiger partial charge is 0.155 e. The molecule has 0 bridgehead atoms. The Hall–Kier alpha value is -0.940. The highest BCUT2D eigenvalue weighted by Gasteiger charge is 2.27. The van der Waals surface area contributed by atoms with Crippen molar-refractivity contribution in [2.24, 2.45) is 0 Å².